The second-order valence-corrected chi connectivity index (χ2v) is 8.13. The van der Waals surface area contributed by atoms with Gasteiger partial charge in [0.05, 0.1) is 7.11 Å². The molecule has 0 fully saturated rings. The van der Waals surface area contributed by atoms with Gasteiger partial charge < -0.3 is 4.74 Å². The molecule has 0 saturated carbocycles. The minimum atomic E-state index is -0.181. The molecule has 0 spiro atoms. The van der Waals surface area contributed by atoms with E-state index in [0.29, 0.717) is 0 Å². The van der Waals surface area contributed by atoms with E-state index in [1.54, 1.807) is 7.11 Å². The van der Waals surface area contributed by atoms with Crippen LogP contribution >= 0.6 is 0 Å². The zero-order valence-electron chi connectivity index (χ0n) is 15.3. The Labute approximate surface area is 140 Å². The molecule has 0 N–H and O–H groups in total. The molecule has 0 unspecified atom stereocenters. The van der Waals surface area contributed by atoms with Crippen molar-refractivity contribution in [1.29, 1.82) is 0 Å². The summed E-state index contributed by atoms with van der Waals surface area (Å²) in [6, 6.07) is 12.1. The molecule has 2 heteroatoms. The van der Waals surface area contributed by atoms with Gasteiger partial charge in [-0.25, -0.2) is 0 Å². The van der Waals surface area contributed by atoms with E-state index in [2.05, 4.69) is 41.5 Å². The molecule has 0 saturated heterocycles. The summed E-state index contributed by atoms with van der Waals surface area (Å²) >= 11 is 0. The Balaban J connectivity index is 2.68. The second kappa shape index (κ2) is 5.92. The fourth-order valence-electron chi connectivity index (χ4n) is 2.69. The van der Waals surface area contributed by atoms with E-state index in [-0.39, 0.29) is 16.6 Å². The summed E-state index contributed by atoms with van der Waals surface area (Å²) < 4.78 is 5.23. The summed E-state index contributed by atoms with van der Waals surface area (Å²) in [4.78, 5) is 0. The minimum Gasteiger partial charge on any atom is -0.497 e. The van der Waals surface area contributed by atoms with Gasteiger partial charge in [0.15, 0.2) is 5.75 Å². The molecule has 2 rings (SSSR count). The first kappa shape index (κ1) is 17.4. The highest BCUT2D eigenvalue weighted by atomic mass is 16.5. The normalized spacial score (nSPS) is 12.3. The van der Waals surface area contributed by atoms with Crippen LogP contribution in [0.5, 0.6) is 11.5 Å². The van der Waals surface area contributed by atoms with E-state index in [1.807, 2.05) is 36.4 Å². The molecule has 0 heterocycles. The molecule has 1 radical (unpaired) electrons. The van der Waals surface area contributed by atoms with Crippen LogP contribution in [0, 0.1) is 0 Å². The predicted molar refractivity (Wildman–Crippen MR) is 96.0 cm³/mol. The molecule has 0 amide bonds. The highest BCUT2D eigenvalue weighted by Gasteiger charge is 2.28. The third-order valence-corrected chi connectivity index (χ3v) is 4.13. The molecule has 2 nitrogen and oxygen atoms in total. The molecule has 23 heavy (non-hydrogen) atoms. The molecule has 2 aromatic carbocycles. The van der Waals surface area contributed by atoms with Gasteiger partial charge in [0, 0.05) is 11.1 Å². The number of hydrogen-bond acceptors (Lipinski definition) is 1. The molecule has 0 aliphatic carbocycles. The van der Waals surface area contributed by atoms with Gasteiger partial charge in [0.2, 0.25) is 0 Å². The molecule has 123 valence electrons. The van der Waals surface area contributed by atoms with Crippen LogP contribution in [0.25, 0.3) is 11.1 Å². The van der Waals surface area contributed by atoms with Crippen molar-refractivity contribution in [2.45, 2.75) is 52.4 Å². The van der Waals surface area contributed by atoms with E-state index >= 15 is 0 Å². The van der Waals surface area contributed by atoms with Crippen LogP contribution in [0.15, 0.2) is 36.4 Å². The topological polar surface area (TPSA) is 29.1 Å². The maximum atomic E-state index is 12.9. The van der Waals surface area contributed by atoms with E-state index in [4.69, 9.17) is 4.74 Å². The van der Waals surface area contributed by atoms with Gasteiger partial charge in [0.25, 0.3) is 0 Å². The fourth-order valence-corrected chi connectivity index (χ4v) is 2.69. The van der Waals surface area contributed by atoms with Crippen molar-refractivity contribution in [3.05, 3.63) is 47.5 Å². The number of rotatable bonds is 2. The Kier molecular flexibility index (Phi) is 4.48. The third-order valence-electron chi connectivity index (χ3n) is 4.13. The van der Waals surface area contributed by atoms with Gasteiger partial charge in [-0.3, -0.25) is 5.11 Å². The number of methoxy groups -OCH3 is 1. The summed E-state index contributed by atoms with van der Waals surface area (Å²) in [7, 11) is 1.66. The Morgan fingerprint density at radius 3 is 1.52 bits per heavy atom. The first-order chi connectivity index (χ1) is 10.5. The lowest BCUT2D eigenvalue weighted by molar-refractivity contribution is 0.327. The predicted octanol–water partition coefficient (Wildman–Crippen LogP) is 6.10. The van der Waals surface area contributed by atoms with Crippen LogP contribution in [0.4, 0.5) is 0 Å². The lowest BCUT2D eigenvalue weighted by Gasteiger charge is -2.27. The first-order valence-corrected chi connectivity index (χ1v) is 8.04. The van der Waals surface area contributed by atoms with E-state index in [0.717, 1.165) is 28.0 Å². The zero-order valence-corrected chi connectivity index (χ0v) is 15.3. The molecular formula is C21H27O2. The average molecular weight is 311 g/mol. The maximum Gasteiger partial charge on any atom is 0.186 e. The summed E-state index contributed by atoms with van der Waals surface area (Å²) in [6.07, 6.45) is 0. The lowest BCUT2D eigenvalue weighted by atomic mass is 9.78. The number of ether oxygens (including phenoxy) is 1. The van der Waals surface area contributed by atoms with E-state index in [1.165, 1.54) is 0 Å². The smallest absolute Gasteiger partial charge is 0.186 e. The van der Waals surface area contributed by atoms with Gasteiger partial charge in [-0.1, -0.05) is 53.7 Å². The van der Waals surface area contributed by atoms with E-state index in [9.17, 15) is 5.11 Å². The lowest BCUT2D eigenvalue weighted by Crippen LogP contribution is -2.17. The van der Waals surface area contributed by atoms with Gasteiger partial charge >= 0.3 is 0 Å². The fraction of sp³-hybridized carbons (Fsp3) is 0.429. The van der Waals surface area contributed by atoms with Gasteiger partial charge in [-0.05, 0) is 46.2 Å². The molecule has 0 aliphatic heterocycles. The monoisotopic (exact) mass is 311 g/mol. The Bertz CT molecular complexity index is 648. The highest BCUT2D eigenvalue weighted by Crippen LogP contribution is 2.42. The summed E-state index contributed by atoms with van der Waals surface area (Å²) in [5.74, 6) is 1.00. The first-order valence-electron chi connectivity index (χ1n) is 8.04. The van der Waals surface area contributed by atoms with Crippen LogP contribution in [-0.4, -0.2) is 7.11 Å². The molecule has 2 aromatic rings. The standard InChI is InChI=1S/C21H27O2/c1-20(2,3)17-12-15(13-18(19(17)22)21(4,5)6)14-8-10-16(23-7)11-9-14/h8-13H,1-7H3. The quantitative estimate of drug-likeness (QED) is 0.658. The van der Waals surface area contributed by atoms with Crippen LogP contribution < -0.4 is 4.74 Å². The third kappa shape index (κ3) is 3.69. The summed E-state index contributed by atoms with van der Waals surface area (Å²) in [6.45, 7) is 12.5. The Hall–Kier alpha value is -1.96. The maximum absolute atomic E-state index is 12.9. The molecule has 0 aromatic heterocycles. The van der Waals surface area contributed by atoms with Crippen LogP contribution in [0.2, 0.25) is 0 Å². The van der Waals surface area contributed by atoms with Gasteiger partial charge in [0.1, 0.15) is 5.75 Å². The van der Waals surface area contributed by atoms with Crippen molar-refractivity contribution < 1.29 is 9.84 Å². The van der Waals surface area contributed by atoms with E-state index < -0.39 is 0 Å². The summed E-state index contributed by atoms with van der Waals surface area (Å²) in [5.41, 5.74) is 3.56. The molecular weight excluding hydrogens is 284 g/mol. The van der Waals surface area contributed by atoms with Crippen LogP contribution in [-0.2, 0) is 15.9 Å². The average Bonchev–Trinajstić information content (AvgIpc) is 2.45. The van der Waals surface area contributed by atoms with Gasteiger partial charge in [-0.15, -0.1) is 0 Å². The Morgan fingerprint density at radius 1 is 0.739 bits per heavy atom. The summed E-state index contributed by atoms with van der Waals surface area (Å²) in [5, 5.41) is 12.9. The molecule has 0 atom stereocenters. The van der Waals surface area contributed by atoms with Crippen molar-refractivity contribution in [3.8, 4) is 22.6 Å². The highest BCUT2D eigenvalue weighted by molar-refractivity contribution is 5.69. The van der Waals surface area contributed by atoms with Crippen LogP contribution in [0.3, 0.4) is 0 Å². The van der Waals surface area contributed by atoms with Crippen LogP contribution in [0.1, 0.15) is 52.7 Å². The number of hydrogen-bond donors (Lipinski definition) is 0. The van der Waals surface area contributed by atoms with Crippen molar-refractivity contribution in [1.82, 2.24) is 0 Å². The minimum absolute atomic E-state index is 0.169. The van der Waals surface area contributed by atoms with Crippen molar-refractivity contribution in [2.75, 3.05) is 7.11 Å². The molecule has 0 aliphatic rings. The van der Waals surface area contributed by atoms with Crippen molar-refractivity contribution in [3.63, 3.8) is 0 Å². The van der Waals surface area contributed by atoms with Crippen molar-refractivity contribution in [2.24, 2.45) is 0 Å². The molecule has 0 bridgehead atoms. The Morgan fingerprint density at radius 2 is 1.17 bits per heavy atom. The van der Waals surface area contributed by atoms with Gasteiger partial charge in [-0.2, -0.15) is 0 Å². The zero-order chi connectivity index (χ0) is 17.4. The SMILES string of the molecule is COc1ccc(-c2cc(C(C)(C)C)c([O])c(C(C)(C)C)c2)cc1. The van der Waals surface area contributed by atoms with Crippen molar-refractivity contribution >= 4 is 0 Å². The second-order valence-electron chi connectivity index (χ2n) is 8.13. The number of benzene rings is 2. The largest absolute Gasteiger partial charge is 0.497 e.